The number of anilines is 1. The molecule has 2 aromatic rings. The summed E-state index contributed by atoms with van der Waals surface area (Å²) in [4.78, 5) is 26.8. The number of hydrogen-bond acceptors (Lipinski definition) is 2. The number of carbonyl (C=O) groups is 2. The molecular formula is C20H19FN2O2. The monoisotopic (exact) mass is 338 g/mol. The minimum atomic E-state index is -0.297. The van der Waals surface area contributed by atoms with E-state index < -0.39 is 0 Å². The molecule has 1 heterocycles. The van der Waals surface area contributed by atoms with Crippen molar-refractivity contribution in [2.75, 3.05) is 11.4 Å². The number of benzene rings is 2. The van der Waals surface area contributed by atoms with Crippen LogP contribution in [0.3, 0.4) is 0 Å². The lowest BCUT2D eigenvalue weighted by Gasteiger charge is -2.17. The van der Waals surface area contributed by atoms with Gasteiger partial charge in [-0.15, -0.1) is 0 Å². The summed E-state index contributed by atoms with van der Waals surface area (Å²) in [7, 11) is 0. The molecule has 5 heteroatoms. The van der Waals surface area contributed by atoms with Crippen LogP contribution in [-0.2, 0) is 22.6 Å². The molecule has 25 heavy (non-hydrogen) atoms. The zero-order chi connectivity index (χ0) is 17.4. The average molecular weight is 338 g/mol. The molecule has 2 atom stereocenters. The van der Waals surface area contributed by atoms with E-state index in [1.807, 2.05) is 29.2 Å². The molecule has 4 rings (SSSR count). The highest BCUT2D eigenvalue weighted by molar-refractivity contribution is 6.02. The first-order chi connectivity index (χ1) is 12.1. The molecule has 0 radical (unpaired) electrons. The Morgan fingerprint density at radius 2 is 1.84 bits per heavy atom. The first-order valence-corrected chi connectivity index (χ1v) is 8.55. The van der Waals surface area contributed by atoms with Crippen molar-refractivity contribution < 1.29 is 14.0 Å². The third-order valence-electron chi connectivity index (χ3n) is 4.98. The van der Waals surface area contributed by atoms with Crippen LogP contribution in [0, 0.1) is 17.7 Å². The van der Waals surface area contributed by atoms with Crippen LogP contribution in [0.1, 0.15) is 17.5 Å². The normalized spacial score (nSPS) is 20.9. The molecule has 0 spiro atoms. The lowest BCUT2D eigenvalue weighted by atomic mass is 10.2. The van der Waals surface area contributed by atoms with Crippen LogP contribution in [0.2, 0.25) is 0 Å². The van der Waals surface area contributed by atoms with E-state index in [2.05, 4.69) is 5.32 Å². The van der Waals surface area contributed by atoms with Crippen molar-refractivity contribution in [3.63, 3.8) is 0 Å². The van der Waals surface area contributed by atoms with Gasteiger partial charge in [-0.1, -0.05) is 30.3 Å². The average Bonchev–Trinajstić information content (AvgIpc) is 3.32. The van der Waals surface area contributed by atoms with Gasteiger partial charge in [0.15, 0.2) is 0 Å². The maximum atomic E-state index is 12.9. The Morgan fingerprint density at radius 1 is 1.08 bits per heavy atom. The summed E-state index contributed by atoms with van der Waals surface area (Å²) in [6.07, 6.45) is 1.48. The number of amides is 2. The number of nitrogens with zero attached hydrogens (tertiary/aromatic N) is 1. The fourth-order valence-corrected chi connectivity index (χ4v) is 3.45. The fourth-order valence-electron chi connectivity index (χ4n) is 3.45. The van der Waals surface area contributed by atoms with Gasteiger partial charge in [-0.25, -0.2) is 4.39 Å². The standard InChI is InChI=1S/C20H19FN2O2/c21-15-7-5-13(6-8-15)12-22-19(24)16-11-17(16)20(25)23-10-9-14-3-1-2-4-18(14)23/h1-8,16-17H,9-12H2,(H,22,24). The van der Waals surface area contributed by atoms with Gasteiger partial charge in [0.2, 0.25) is 11.8 Å². The van der Waals surface area contributed by atoms with Crippen molar-refractivity contribution in [3.8, 4) is 0 Å². The van der Waals surface area contributed by atoms with Gasteiger partial charge >= 0.3 is 0 Å². The molecule has 0 bridgehead atoms. The van der Waals surface area contributed by atoms with Crippen molar-refractivity contribution in [3.05, 3.63) is 65.5 Å². The van der Waals surface area contributed by atoms with E-state index in [0.29, 0.717) is 19.5 Å². The largest absolute Gasteiger partial charge is 0.352 e. The Labute approximate surface area is 145 Å². The van der Waals surface area contributed by atoms with Crippen molar-refractivity contribution in [1.29, 1.82) is 0 Å². The molecule has 1 saturated carbocycles. The molecule has 128 valence electrons. The molecule has 1 N–H and O–H groups in total. The summed E-state index contributed by atoms with van der Waals surface area (Å²) in [5, 5.41) is 2.84. The second-order valence-corrected chi connectivity index (χ2v) is 6.66. The topological polar surface area (TPSA) is 49.4 Å². The lowest BCUT2D eigenvalue weighted by Crippen LogP contribution is -2.33. The van der Waals surface area contributed by atoms with Crippen LogP contribution < -0.4 is 10.2 Å². The number of nitrogens with one attached hydrogen (secondary N) is 1. The number of hydrogen-bond donors (Lipinski definition) is 1. The third-order valence-corrected chi connectivity index (χ3v) is 4.98. The van der Waals surface area contributed by atoms with Gasteiger partial charge < -0.3 is 10.2 Å². The fraction of sp³-hybridized carbons (Fsp3) is 0.300. The second kappa shape index (κ2) is 6.31. The van der Waals surface area contributed by atoms with Crippen LogP contribution >= 0.6 is 0 Å². The van der Waals surface area contributed by atoms with E-state index in [9.17, 15) is 14.0 Å². The maximum Gasteiger partial charge on any atom is 0.230 e. The van der Waals surface area contributed by atoms with Crippen LogP contribution in [0.15, 0.2) is 48.5 Å². The second-order valence-electron chi connectivity index (χ2n) is 6.66. The minimum absolute atomic E-state index is 0.0480. The van der Waals surface area contributed by atoms with Crippen molar-refractivity contribution in [2.45, 2.75) is 19.4 Å². The molecule has 2 unspecified atom stereocenters. The molecular weight excluding hydrogens is 319 g/mol. The van der Waals surface area contributed by atoms with Crippen LogP contribution in [0.4, 0.5) is 10.1 Å². The van der Waals surface area contributed by atoms with Gasteiger partial charge in [0.25, 0.3) is 0 Å². The summed E-state index contributed by atoms with van der Waals surface area (Å²) in [6.45, 7) is 1.04. The Kier molecular flexibility index (Phi) is 3.99. The van der Waals surface area contributed by atoms with E-state index in [4.69, 9.17) is 0 Å². The molecule has 1 fully saturated rings. The number of rotatable bonds is 4. The summed E-state index contributed by atoms with van der Waals surface area (Å²) >= 11 is 0. The number of carbonyl (C=O) groups excluding carboxylic acids is 2. The van der Waals surface area contributed by atoms with Gasteiger partial charge in [0.05, 0.1) is 11.8 Å². The molecule has 2 aromatic carbocycles. The third kappa shape index (κ3) is 3.14. The Bertz CT molecular complexity index is 819. The number of fused-ring (bicyclic) bond motifs is 1. The SMILES string of the molecule is O=C(NCc1ccc(F)cc1)C1CC1C(=O)N1CCc2ccccc21. The Balaban J connectivity index is 1.33. The number of halogens is 1. The molecule has 0 saturated heterocycles. The van der Waals surface area contributed by atoms with E-state index in [0.717, 1.165) is 17.7 Å². The molecule has 2 aliphatic rings. The van der Waals surface area contributed by atoms with E-state index in [1.165, 1.54) is 17.7 Å². The summed E-state index contributed by atoms with van der Waals surface area (Å²) in [5.74, 6) is -0.823. The molecule has 1 aliphatic carbocycles. The van der Waals surface area contributed by atoms with Gasteiger partial charge in [0.1, 0.15) is 5.82 Å². The van der Waals surface area contributed by atoms with Gasteiger partial charge in [-0.05, 0) is 42.2 Å². The van der Waals surface area contributed by atoms with Crippen molar-refractivity contribution in [1.82, 2.24) is 5.32 Å². The minimum Gasteiger partial charge on any atom is -0.352 e. The van der Waals surface area contributed by atoms with E-state index in [1.54, 1.807) is 12.1 Å². The molecule has 1 aliphatic heterocycles. The Morgan fingerprint density at radius 3 is 2.64 bits per heavy atom. The highest BCUT2D eigenvalue weighted by atomic mass is 19.1. The molecule has 2 amide bonds. The summed E-state index contributed by atoms with van der Waals surface area (Å²) < 4.78 is 12.9. The maximum absolute atomic E-state index is 12.9. The lowest BCUT2D eigenvalue weighted by molar-refractivity contribution is -0.126. The predicted molar refractivity (Wildman–Crippen MR) is 92.3 cm³/mol. The zero-order valence-corrected chi connectivity index (χ0v) is 13.7. The Hall–Kier alpha value is -2.69. The smallest absolute Gasteiger partial charge is 0.230 e. The first kappa shape index (κ1) is 15.8. The van der Waals surface area contributed by atoms with Crippen molar-refractivity contribution >= 4 is 17.5 Å². The highest BCUT2D eigenvalue weighted by Crippen LogP contribution is 2.42. The van der Waals surface area contributed by atoms with E-state index >= 15 is 0 Å². The van der Waals surface area contributed by atoms with Crippen LogP contribution in [-0.4, -0.2) is 18.4 Å². The van der Waals surface area contributed by atoms with E-state index in [-0.39, 0.29) is 29.5 Å². The highest BCUT2D eigenvalue weighted by Gasteiger charge is 2.50. The molecule has 0 aromatic heterocycles. The van der Waals surface area contributed by atoms with Gasteiger partial charge in [0, 0.05) is 18.8 Å². The van der Waals surface area contributed by atoms with Crippen LogP contribution in [0.25, 0.3) is 0 Å². The zero-order valence-electron chi connectivity index (χ0n) is 13.7. The predicted octanol–water partition coefficient (Wildman–Crippen LogP) is 2.67. The molecule has 4 nitrogen and oxygen atoms in total. The quantitative estimate of drug-likeness (QED) is 0.932. The van der Waals surface area contributed by atoms with Gasteiger partial charge in [-0.2, -0.15) is 0 Å². The van der Waals surface area contributed by atoms with Gasteiger partial charge in [-0.3, -0.25) is 9.59 Å². The summed E-state index contributed by atoms with van der Waals surface area (Å²) in [6, 6.07) is 14.0. The van der Waals surface area contributed by atoms with Crippen molar-refractivity contribution in [2.24, 2.45) is 11.8 Å². The first-order valence-electron chi connectivity index (χ1n) is 8.55. The van der Waals surface area contributed by atoms with Crippen LogP contribution in [0.5, 0.6) is 0 Å². The number of para-hydroxylation sites is 1. The summed E-state index contributed by atoms with van der Waals surface area (Å²) in [5.41, 5.74) is 3.01.